The van der Waals surface area contributed by atoms with Crippen molar-refractivity contribution in [3.63, 3.8) is 0 Å². The van der Waals surface area contributed by atoms with E-state index >= 15 is 4.39 Å². The molecule has 232 valence electrons. The number of nitrogens with one attached hydrogen (secondary N) is 2. The predicted molar refractivity (Wildman–Crippen MR) is 149 cm³/mol. The largest absolute Gasteiger partial charge is 0.446 e. The van der Waals surface area contributed by atoms with Crippen molar-refractivity contribution < 1.29 is 36.3 Å². The van der Waals surface area contributed by atoms with Crippen molar-refractivity contribution in [2.45, 2.75) is 50.7 Å². The van der Waals surface area contributed by atoms with Crippen LogP contribution in [0.5, 0.6) is 0 Å². The molecule has 1 atom stereocenters. The molecule has 2 amide bonds. The zero-order valence-electron chi connectivity index (χ0n) is 23.6. The fourth-order valence-corrected chi connectivity index (χ4v) is 5.48. The smallest absolute Gasteiger partial charge is 0.410 e. The lowest BCUT2D eigenvalue weighted by atomic mass is 9.91. The lowest BCUT2D eigenvalue weighted by Gasteiger charge is -2.40. The number of benzene rings is 1. The molecule has 43 heavy (non-hydrogen) atoms. The molecule has 2 fully saturated rings. The number of aromatic amines is 1. The van der Waals surface area contributed by atoms with Crippen LogP contribution in [0, 0.1) is 5.82 Å². The Morgan fingerprint density at radius 1 is 1.14 bits per heavy atom. The van der Waals surface area contributed by atoms with E-state index in [-0.39, 0.29) is 36.8 Å². The summed E-state index contributed by atoms with van der Waals surface area (Å²) in [7, 11) is 1.96. The Kier molecular flexibility index (Phi) is 8.50. The topological polar surface area (TPSA) is 98.0 Å². The molecule has 1 aromatic heterocycles. The van der Waals surface area contributed by atoms with Gasteiger partial charge in [0, 0.05) is 75.0 Å². The lowest BCUT2D eigenvalue weighted by Crippen LogP contribution is -2.50. The summed E-state index contributed by atoms with van der Waals surface area (Å²) in [6.07, 6.45) is -2.89. The molecule has 0 spiro atoms. The number of carbonyl (C=O) groups is 2. The number of anilines is 2. The molecule has 1 unspecified atom stereocenters. The van der Waals surface area contributed by atoms with E-state index in [1.807, 2.05) is 18.9 Å². The Morgan fingerprint density at radius 2 is 1.88 bits per heavy atom. The first-order valence-electron chi connectivity index (χ1n) is 13.9. The molecule has 2 N–H and O–H groups in total. The van der Waals surface area contributed by atoms with E-state index in [1.54, 1.807) is 6.08 Å². The number of carbonyl (C=O) groups excluding carboxylic acids is 2. The molecular formula is C29H32F5N5O4. The molecule has 3 heterocycles. The predicted octanol–water partition coefficient (Wildman–Crippen LogP) is 4.87. The number of hydrogen-bond acceptors (Lipinski definition) is 6. The van der Waals surface area contributed by atoms with Crippen molar-refractivity contribution in [2.75, 3.05) is 50.0 Å². The summed E-state index contributed by atoms with van der Waals surface area (Å²) in [6, 6.07) is 3.51. The number of nitrogens with zero attached hydrogens (tertiary/aromatic N) is 3. The summed E-state index contributed by atoms with van der Waals surface area (Å²) in [5.41, 5.74) is -0.670. The van der Waals surface area contributed by atoms with E-state index in [0.717, 1.165) is 6.20 Å². The van der Waals surface area contributed by atoms with Crippen molar-refractivity contribution in [1.29, 1.82) is 0 Å². The van der Waals surface area contributed by atoms with Crippen LogP contribution in [0.25, 0.3) is 5.57 Å². The van der Waals surface area contributed by atoms with Gasteiger partial charge in [0.15, 0.2) is 0 Å². The normalized spacial score (nSPS) is 20.9. The Morgan fingerprint density at radius 3 is 2.51 bits per heavy atom. The van der Waals surface area contributed by atoms with Crippen LogP contribution < -0.4 is 15.8 Å². The molecule has 5 rings (SSSR count). The van der Waals surface area contributed by atoms with E-state index in [2.05, 4.69) is 15.2 Å². The summed E-state index contributed by atoms with van der Waals surface area (Å²) in [5.74, 6) is -4.30. The van der Waals surface area contributed by atoms with Gasteiger partial charge >= 0.3 is 6.09 Å². The quantitative estimate of drug-likeness (QED) is 0.454. The van der Waals surface area contributed by atoms with Crippen LogP contribution in [0.1, 0.15) is 54.1 Å². The summed E-state index contributed by atoms with van der Waals surface area (Å²) in [4.78, 5) is 44.9. The van der Waals surface area contributed by atoms with Gasteiger partial charge in [0.25, 0.3) is 18.3 Å². The first-order valence-corrected chi connectivity index (χ1v) is 13.9. The van der Waals surface area contributed by atoms with Crippen LogP contribution in [0.3, 0.4) is 0 Å². The third-order valence-corrected chi connectivity index (χ3v) is 8.20. The van der Waals surface area contributed by atoms with Crippen LogP contribution >= 0.6 is 0 Å². The maximum Gasteiger partial charge on any atom is 0.410 e. The van der Waals surface area contributed by atoms with Gasteiger partial charge in [-0.15, -0.1) is 0 Å². The molecule has 0 bridgehead atoms. The highest BCUT2D eigenvalue weighted by molar-refractivity contribution is 6.07. The molecule has 1 aromatic carbocycles. The van der Waals surface area contributed by atoms with E-state index < -0.39 is 65.8 Å². The van der Waals surface area contributed by atoms with Crippen LogP contribution in [0.4, 0.5) is 38.1 Å². The molecule has 0 radical (unpaired) electrons. The highest BCUT2D eigenvalue weighted by atomic mass is 19.3. The van der Waals surface area contributed by atoms with Gasteiger partial charge in [0.05, 0.1) is 16.9 Å². The lowest BCUT2D eigenvalue weighted by molar-refractivity contribution is -0.147. The molecule has 3 aliphatic rings. The monoisotopic (exact) mass is 609 g/mol. The second-order valence-electron chi connectivity index (χ2n) is 11.2. The standard InChI is InChI=1S/C29H32F5N5O4/c1-16-15-39(8-7-37(16)2)24-11-22(30)19(9-23(24)36-27(41)21-14-35-25(40)10-20(21)26(31)32)17-3-5-38(6-4-17)28(42)43-18-12-29(33,34)13-18/h3,9-11,14,16,18,26H,4-8,12-13,15H2,1-2H3,(H,35,40)(H,36,41). The number of amides is 2. The molecule has 9 nitrogen and oxygen atoms in total. The van der Waals surface area contributed by atoms with Crippen LogP contribution in [0.2, 0.25) is 0 Å². The van der Waals surface area contributed by atoms with Crippen LogP contribution in [-0.2, 0) is 4.74 Å². The van der Waals surface area contributed by atoms with Crippen LogP contribution in [-0.4, -0.2) is 84.6 Å². The molecule has 1 saturated heterocycles. The number of piperazine rings is 1. The Balaban J connectivity index is 1.41. The Labute approximate surface area is 244 Å². The van der Waals surface area contributed by atoms with E-state index in [9.17, 15) is 31.9 Å². The first kappa shape index (κ1) is 30.5. The molecule has 14 heteroatoms. The number of halogens is 5. The fraction of sp³-hybridized carbons (Fsp3) is 0.483. The summed E-state index contributed by atoms with van der Waals surface area (Å²) < 4.78 is 74.3. The van der Waals surface area contributed by atoms with Gasteiger partial charge in [-0.1, -0.05) is 6.08 Å². The number of likely N-dealkylation sites (N-methyl/N-ethyl adjacent to an activating group) is 1. The minimum atomic E-state index is -3.08. The maximum absolute atomic E-state index is 15.7. The number of H-pyrrole nitrogens is 1. The molecule has 1 aliphatic carbocycles. The summed E-state index contributed by atoms with van der Waals surface area (Å²) in [5, 5.41) is 2.65. The van der Waals surface area contributed by atoms with Crippen molar-refractivity contribution in [3.05, 3.63) is 63.3 Å². The fourth-order valence-electron chi connectivity index (χ4n) is 5.48. The average Bonchev–Trinajstić information content (AvgIpc) is 2.94. The van der Waals surface area contributed by atoms with Crippen molar-refractivity contribution in [3.8, 4) is 0 Å². The van der Waals surface area contributed by atoms with E-state index in [4.69, 9.17) is 4.74 Å². The first-order chi connectivity index (χ1) is 20.3. The zero-order valence-corrected chi connectivity index (χ0v) is 23.6. The van der Waals surface area contributed by atoms with Gasteiger partial charge in [-0.25, -0.2) is 26.7 Å². The third-order valence-electron chi connectivity index (χ3n) is 8.20. The van der Waals surface area contributed by atoms with Crippen LogP contribution in [0.15, 0.2) is 35.3 Å². The van der Waals surface area contributed by atoms with Gasteiger partial charge in [-0.05, 0) is 38.1 Å². The van der Waals surface area contributed by atoms with Gasteiger partial charge in [0.1, 0.15) is 11.9 Å². The third kappa shape index (κ3) is 6.68. The number of hydrogen-bond donors (Lipinski definition) is 2. The number of aromatic nitrogens is 1. The SMILES string of the molecule is CC1CN(c2cc(F)c(C3=CCN(C(=O)OC4CC(F)(F)C4)CC3)cc2NC(=O)c2c[nH]c(=O)cc2C(F)F)CCN1C. The van der Waals surface area contributed by atoms with E-state index in [0.29, 0.717) is 37.0 Å². The second kappa shape index (κ2) is 12.0. The second-order valence-corrected chi connectivity index (χ2v) is 11.2. The molecule has 2 aliphatic heterocycles. The Bertz CT molecular complexity index is 1490. The molecular weight excluding hydrogens is 577 g/mol. The number of ether oxygens (including phenoxy) is 1. The maximum atomic E-state index is 15.7. The minimum Gasteiger partial charge on any atom is -0.446 e. The van der Waals surface area contributed by atoms with Gasteiger partial charge in [-0.2, -0.15) is 0 Å². The highest BCUT2D eigenvalue weighted by Crippen LogP contribution is 2.40. The van der Waals surface area contributed by atoms with Crippen molar-refractivity contribution in [2.24, 2.45) is 0 Å². The van der Waals surface area contributed by atoms with E-state index in [1.165, 1.54) is 17.0 Å². The summed E-state index contributed by atoms with van der Waals surface area (Å²) in [6.45, 7) is 3.93. The average molecular weight is 610 g/mol. The number of alkyl halides is 4. The number of rotatable bonds is 6. The zero-order chi connectivity index (χ0) is 31.1. The molecule has 1 saturated carbocycles. The van der Waals surface area contributed by atoms with Crippen molar-refractivity contribution in [1.82, 2.24) is 14.8 Å². The van der Waals surface area contributed by atoms with Gasteiger partial charge in [0.2, 0.25) is 5.56 Å². The van der Waals surface area contributed by atoms with Gasteiger partial charge < -0.3 is 29.7 Å². The summed E-state index contributed by atoms with van der Waals surface area (Å²) >= 11 is 0. The van der Waals surface area contributed by atoms with Gasteiger partial charge in [-0.3, -0.25) is 9.59 Å². The molecule has 2 aromatic rings. The Hall–Kier alpha value is -3.94. The highest BCUT2D eigenvalue weighted by Gasteiger charge is 2.48. The number of pyridine rings is 1. The minimum absolute atomic E-state index is 0.0608. The van der Waals surface area contributed by atoms with Crippen molar-refractivity contribution >= 4 is 28.9 Å².